The minimum absolute atomic E-state index is 0.0809. The first-order valence-corrected chi connectivity index (χ1v) is 7.82. The van der Waals surface area contributed by atoms with Gasteiger partial charge in [-0.1, -0.05) is 19.3 Å². The summed E-state index contributed by atoms with van der Waals surface area (Å²) in [4.78, 5) is 23.9. The van der Waals surface area contributed by atoms with Crippen LogP contribution in [0, 0.1) is 5.92 Å². The van der Waals surface area contributed by atoms with Gasteiger partial charge in [0.05, 0.1) is 5.54 Å². The number of carbonyl (C=O) groups is 2. The lowest BCUT2D eigenvalue weighted by Crippen LogP contribution is -2.60. The first-order valence-electron chi connectivity index (χ1n) is 7.82. The van der Waals surface area contributed by atoms with Crippen LogP contribution in [0.1, 0.15) is 58.3 Å². The molecule has 0 bridgehead atoms. The average Bonchev–Trinajstić information content (AvgIpc) is 2.45. The van der Waals surface area contributed by atoms with E-state index >= 15 is 0 Å². The second-order valence-electron chi connectivity index (χ2n) is 6.40. The lowest BCUT2D eigenvalue weighted by molar-refractivity contribution is -0.145. The van der Waals surface area contributed by atoms with Crippen LogP contribution >= 0.6 is 0 Å². The molecule has 0 aromatic heterocycles. The summed E-state index contributed by atoms with van der Waals surface area (Å²) in [6.07, 6.45) is 7.99. The van der Waals surface area contributed by atoms with Crippen molar-refractivity contribution in [2.75, 3.05) is 6.54 Å². The second-order valence-corrected chi connectivity index (χ2v) is 6.40. The first-order chi connectivity index (χ1) is 9.53. The molecule has 3 N–H and O–H groups in total. The molecule has 5 nitrogen and oxygen atoms in total. The Morgan fingerprint density at radius 2 is 1.90 bits per heavy atom. The number of carboxylic acid groups (broad SMARTS) is 1. The van der Waals surface area contributed by atoms with Gasteiger partial charge >= 0.3 is 5.97 Å². The SMILES string of the molecule is CC1(C(=O)NC(C(=O)O)C2CCCCC2)CCCCN1. The van der Waals surface area contributed by atoms with Crippen LogP contribution < -0.4 is 10.6 Å². The standard InChI is InChI=1S/C15H26N2O3/c1-15(9-5-6-10-16-15)14(20)17-12(13(18)19)11-7-3-2-4-8-11/h11-12,16H,2-10H2,1H3,(H,17,20)(H,18,19). The van der Waals surface area contributed by atoms with E-state index in [-0.39, 0.29) is 11.8 Å². The predicted octanol–water partition coefficient (Wildman–Crippen LogP) is 1.67. The number of piperidine rings is 1. The topological polar surface area (TPSA) is 78.4 Å². The molecule has 2 rings (SSSR count). The van der Waals surface area contributed by atoms with Crippen molar-refractivity contribution < 1.29 is 14.7 Å². The van der Waals surface area contributed by atoms with Crippen molar-refractivity contribution >= 4 is 11.9 Å². The van der Waals surface area contributed by atoms with Crippen LogP contribution in [-0.4, -0.2) is 35.1 Å². The van der Waals surface area contributed by atoms with Gasteiger partial charge in [0.2, 0.25) is 5.91 Å². The molecule has 2 atom stereocenters. The van der Waals surface area contributed by atoms with Crippen molar-refractivity contribution in [3.8, 4) is 0 Å². The summed E-state index contributed by atoms with van der Waals surface area (Å²) in [5, 5.41) is 15.5. The second kappa shape index (κ2) is 6.57. The maximum absolute atomic E-state index is 12.4. The van der Waals surface area contributed by atoms with Crippen LogP contribution in [0.2, 0.25) is 0 Å². The van der Waals surface area contributed by atoms with Gasteiger partial charge in [-0.3, -0.25) is 4.79 Å². The summed E-state index contributed by atoms with van der Waals surface area (Å²) in [7, 11) is 0. The average molecular weight is 282 g/mol. The van der Waals surface area contributed by atoms with Crippen LogP contribution in [0.4, 0.5) is 0 Å². The van der Waals surface area contributed by atoms with Gasteiger partial charge in [-0.15, -0.1) is 0 Å². The normalized spacial score (nSPS) is 29.6. The number of carbonyl (C=O) groups excluding carboxylic acids is 1. The first kappa shape index (κ1) is 15.3. The van der Waals surface area contributed by atoms with Crippen LogP contribution in [0.15, 0.2) is 0 Å². The molecule has 0 radical (unpaired) electrons. The zero-order chi connectivity index (χ0) is 14.6. The Hall–Kier alpha value is -1.10. The third kappa shape index (κ3) is 3.51. The summed E-state index contributed by atoms with van der Waals surface area (Å²) < 4.78 is 0. The highest BCUT2D eigenvalue weighted by Crippen LogP contribution is 2.27. The molecule has 1 aliphatic heterocycles. The van der Waals surface area contributed by atoms with Gasteiger partial charge in [0.15, 0.2) is 0 Å². The Bertz CT molecular complexity index is 358. The maximum atomic E-state index is 12.4. The van der Waals surface area contributed by atoms with Gasteiger partial charge in [-0.05, 0) is 51.5 Å². The Labute approximate surface area is 120 Å². The van der Waals surface area contributed by atoms with E-state index in [2.05, 4.69) is 10.6 Å². The molecule has 114 valence electrons. The van der Waals surface area contributed by atoms with E-state index in [0.29, 0.717) is 0 Å². The fraction of sp³-hybridized carbons (Fsp3) is 0.867. The van der Waals surface area contributed by atoms with Crippen molar-refractivity contribution in [1.29, 1.82) is 0 Å². The number of hydrogen-bond donors (Lipinski definition) is 3. The summed E-state index contributed by atoms with van der Waals surface area (Å²) in [5.41, 5.74) is -0.610. The highest BCUT2D eigenvalue weighted by atomic mass is 16.4. The Kier molecular flexibility index (Phi) is 5.02. The molecule has 2 fully saturated rings. The fourth-order valence-electron chi connectivity index (χ4n) is 3.40. The Balaban J connectivity index is 1.99. The van der Waals surface area contributed by atoms with Gasteiger partial charge in [-0.2, -0.15) is 0 Å². The summed E-state index contributed by atoms with van der Waals surface area (Å²) >= 11 is 0. The molecule has 5 heteroatoms. The zero-order valence-corrected chi connectivity index (χ0v) is 12.3. The van der Waals surface area contributed by atoms with Crippen LogP contribution in [-0.2, 0) is 9.59 Å². The number of amides is 1. The third-order valence-corrected chi connectivity index (χ3v) is 4.79. The molecule has 0 aromatic carbocycles. The molecule has 20 heavy (non-hydrogen) atoms. The van der Waals surface area contributed by atoms with Crippen LogP contribution in [0.5, 0.6) is 0 Å². The molecule has 1 aliphatic carbocycles. The Morgan fingerprint density at radius 1 is 1.20 bits per heavy atom. The van der Waals surface area contributed by atoms with Gasteiger partial charge in [0, 0.05) is 0 Å². The van der Waals surface area contributed by atoms with Gasteiger partial charge < -0.3 is 15.7 Å². The monoisotopic (exact) mass is 282 g/mol. The van der Waals surface area contributed by atoms with E-state index in [1.165, 1.54) is 6.42 Å². The molecule has 2 aliphatic rings. The van der Waals surface area contributed by atoms with Crippen molar-refractivity contribution in [1.82, 2.24) is 10.6 Å². The maximum Gasteiger partial charge on any atom is 0.326 e. The van der Waals surface area contributed by atoms with E-state index in [4.69, 9.17) is 0 Å². The minimum atomic E-state index is -0.898. The zero-order valence-electron chi connectivity index (χ0n) is 12.3. The van der Waals surface area contributed by atoms with Crippen molar-refractivity contribution in [3.63, 3.8) is 0 Å². The largest absolute Gasteiger partial charge is 0.480 e. The fourth-order valence-corrected chi connectivity index (χ4v) is 3.40. The number of carboxylic acids is 1. The van der Waals surface area contributed by atoms with E-state index in [1.807, 2.05) is 6.92 Å². The molecule has 0 spiro atoms. The summed E-state index contributed by atoms with van der Waals surface area (Å²) in [6.45, 7) is 2.70. The summed E-state index contributed by atoms with van der Waals surface area (Å²) in [6, 6.07) is -0.733. The molecule has 1 saturated carbocycles. The number of nitrogens with one attached hydrogen (secondary N) is 2. The van der Waals surface area contributed by atoms with E-state index in [9.17, 15) is 14.7 Å². The molecular weight excluding hydrogens is 256 g/mol. The Morgan fingerprint density at radius 3 is 2.45 bits per heavy atom. The van der Waals surface area contributed by atoms with Gasteiger partial charge in [0.25, 0.3) is 0 Å². The minimum Gasteiger partial charge on any atom is -0.480 e. The van der Waals surface area contributed by atoms with Crippen molar-refractivity contribution in [2.24, 2.45) is 5.92 Å². The summed E-state index contributed by atoms with van der Waals surface area (Å²) in [5.74, 6) is -0.975. The smallest absolute Gasteiger partial charge is 0.326 e. The number of hydrogen-bond acceptors (Lipinski definition) is 3. The molecule has 2 unspecified atom stereocenters. The molecule has 1 heterocycles. The quantitative estimate of drug-likeness (QED) is 0.733. The number of aliphatic carboxylic acids is 1. The van der Waals surface area contributed by atoms with E-state index in [0.717, 1.165) is 51.5 Å². The third-order valence-electron chi connectivity index (χ3n) is 4.79. The lowest BCUT2D eigenvalue weighted by atomic mass is 9.83. The number of rotatable bonds is 4. The highest BCUT2D eigenvalue weighted by Gasteiger charge is 2.38. The molecule has 1 amide bonds. The van der Waals surface area contributed by atoms with E-state index in [1.54, 1.807) is 0 Å². The molecule has 0 aromatic rings. The molecule has 1 saturated heterocycles. The van der Waals surface area contributed by atoms with Gasteiger partial charge in [0.1, 0.15) is 6.04 Å². The van der Waals surface area contributed by atoms with Crippen molar-refractivity contribution in [2.45, 2.75) is 69.9 Å². The van der Waals surface area contributed by atoms with Gasteiger partial charge in [-0.25, -0.2) is 4.79 Å². The predicted molar refractivity (Wildman–Crippen MR) is 76.4 cm³/mol. The van der Waals surface area contributed by atoms with E-state index < -0.39 is 17.6 Å². The van der Waals surface area contributed by atoms with Crippen LogP contribution in [0.3, 0.4) is 0 Å². The highest BCUT2D eigenvalue weighted by molar-refractivity contribution is 5.90. The van der Waals surface area contributed by atoms with Crippen molar-refractivity contribution in [3.05, 3.63) is 0 Å². The molecular formula is C15H26N2O3. The van der Waals surface area contributed by atoms with Crippen LogP contribution in [0.25, 0.3) is 0 Å². The lowest BCUT2D eigenvalue weighted by Gasteiger charge is -2.36.